The van der Waals surface area contributed by atoms with Crippen molar-refractivity contribution in [1.29, 1.82) is 0 Å². The Labute approximate surface area is 126 Å². The van der Waals surface area contributed by atoms with Crippen LogP contribution in [-0.2, 0) is 6.54 Å². The summed E-state index contributed by atoms with van der Waals surface area (Å²) in [5.74, 6) is 1.83. The number of hydrogen-bond acceptors (Lipinski definition) is 3. The van der Waals surface area contributed by atoms with E-state index in [0.717, 1.165) is 24.6 Å². The summed E-state index contributed by atoms with van der Waals surface area (Å²) in [6.07, 6.45) is 0. The summed E-state index contributed by atoms with van der Waals surface area (Å²) in [5, 5.41) is 3.34. The number of methoxy groups -OCH3 is 1. The van der Waals surface area contributed by atoms with Crippen LogP contribution >= 0.6 is 0 Å². The van der Waals surface area contributed by atoms with Crippen molar-refractivity contribution in [3.63, 3.8) is 0 Å². The van der Waals surface area contributed by atoms with Crippen molar-refractivity contribution in [2.45, 2.75) is 20.4 Å². The van der Waals surface area contributed by atoms with Crippen molar-refractivity contribution >= 4 is 0 Å². The van der Waals surface area contributed by atoms with Gasteiger partial charge in [0.2, 0.25) is 0 Å². The normalized spacial score (nSPS) is 10.4. The lowest BCUT2D eigenvalue weighted by Gasteiger charge is -2.12. The first-order valence-electron chi connectivity index (χ1n) is 7.39. The largest absolute Gasteiger partial charge is 0.496 e. The van der Waals surface area contributed by atoms with Crippen molar-refractivity contribution < 1.29 is 9.47 Å². The SMILES string of the molecule is CCNCc1cc(-c2ccc(OCC)cc2)ccc1OC. The minimum atomic E-state index is 0.689. The second kappa shape index (κ2) is 7.70. The van der Waals surface area contributed by atoms with Crippen LogP contribution in [-0.4, -0.2) is 20.3 Å². The van der Waals surface area contributed by atoms with Crippen molar-refractivity contribution in [3.8, 4) is 22.6 Å². The third-order valence-corrected chi connectivity index (χ3v) is 3.34. The predicted molar refractivity (Wildman–Crippen MR) is 87.0 cm³/mol. The van der Waals surface area contributed by atoms with Gasteiger partial charge >= 0.3 is 0 Å². The summed E-state index contributed by atoms with van der Waals surface area (Å²) in [7, 11) is 1.71. The Morgan fingerprint density at radius 3 is 2.29 bits per heavy atom. The topological polar surface area (TPSA) is 30.5 Å². The van der Waals surface area contributed by atoms with Crippen LogP contribution in [0.1, 0.15) is 19.4 Å². The van der Waals surface area contributed by atoms with Gasteiger partial charge in [0.15, 0.2) is 0 Å². The van der Waals surface area contributed by atoms with Gasteiger partial charge in [-0.25, -0.2) is 0 Å². The van der Waals surface area contributed by atoms with Gasteiger partial charge in [0.25, 0.3) is 0 Å². The number of benzene rings is 2. The van der Waals surface area contributed by atoms with Crippen molar-refractivity contribution in [2.75, 3.05) is 20.3 Å². The molecule has 0 atom stereocenters. The zero-order valence-electron chi connectivity index (χ0n) is 13.0. The highest BCUT2D eigenvalue weighted by molar-refractivity contribution is 5.66. The lowest BCUT2D eigenvalue weighted by Crippen LogP contribution is -2.12. The monoisotopic (exact) mass is 285 g/mol. The van der Waals surface area contributed by atoms with E-state index in [9.17, 15) is 0 Å². The summed E-state index contributed by atoms with van der Waals surface area (Å²) in [4.78, 5) is 0. The second-order valence-electron chi connectivity index (χ2n) is 4.76. The molecule has 112 valence electrons. The maximum absolute atomic E-state index is 5.48. The van der Waals surface area contributed by atoms with Gasteiger partial charge in [0.05, 0.1) is 13.7 Å². The van der Waals surface area contributed by atoms with E-state index < -0.39 is 0 Å². The van der Waals surface area contributed by atoms with Gasteiger partial charge in [0.1, 0.15) is 11.5 Å². The molecule has 0 amide bonds. The first-order chi connectivity index (χ1) is 10.3. The standard InChI is InChI=1S/C18H23NO2/c1-4-19-13-16-12-15(8-11-18(16)20-3)14-6-9-17(10-7-14)21-5-2/h6-12,19H,4-5,13H2,1-3H3. The molecule has 0 aliphatic heterocycles. The lowest BCUT2D eigenvalue weighted by molar-refractivity contribution is 0.340. The van der Waals surface area contributed by atoms with Gasteiger partial charge in [-0.15, -0.1) is 0 Å². The fourth-order valence-corrected chi connectivity index (χ4v) is 2.27. The van der Waals surface area contributed by atoms with E-state index in [-0.39, 0.29) is 0 Å². The van der Waals surface area contributed by atoms with Crippen LogP contribution in [0.15, 0.2) is 42.5 Å². The second-order valence-corrected chi connectivity index (χ2v) is 4.76. The molecule has 0 bridgehead atoms. The van der Waals surface area contributed by atoms with Crippen molar-refractivity contribution in [2.24, 2.45) is 0 Å². The molecule has 0 radical (unpaired) electrons. The molecule has 2 aromatic rings. The highest BCUT2D eigenvalue weighted by Gasteiger charge is 2.06. The fraction of sp³-hybridized carbons (Fsp3) is 0.333. The molecule has 0 saturated heterocycles. The number of hydrogen-bond donors (Lipinski definition) is 1. The molecule has 0 aliphatic carbocycles. The summed E-state index contributed by atoms with van der Waals surface area (Å²) in [6, 6.07) is 14.5. The van der Waals surface area contributed by atoms with Crippen LogP contribution in [0.5, 0.6) is 11.5 Å². The van der Waals surface area contributed by atoms with Gasteiger partial charge in [0, 0.05) is 12.1 Å². The van der Waals surface area contributed by atoms with Crippen molar-refractivity contribution in [3.05, 3.63) is 48.0 Å². The Kier molecular flexibility index (Phi) is 5.64. The molecule has 21 heavy (non-hydrogen) atoms. The van der Waals surface area contributed by atoms with E-state index in [4.69, 9.17) is 9.47 Å². The van der Waals surface area contributed by atoms with Gasteiger partial charge in [-0.05, 0) is 48.9 Å². The van der Waals surface area contributed by atoms with Gasteiger partial charge < -0.3 is 14.8 Å². The fourth-order valence-electron chi connectivity index (χ4n) is 2.27. The van der Waals surface area contributed by atoms with E-state index >= 15 is 0 Å². The lowest BCUT2D eigenvalue weighted by atomic mass is 10.0. The van der Waals surface area contributed by atoms with E-state index in [0.29, 0.717) is 6.61 Å². The molecule has 2 aromatic carbocycles. The van der Waals surface area contributed by atoms with Gasteiger partial charge in [-0.2, -0.15) is 0 Å². The molecule has 0 aromatic heterocycles. The third kappa shape index (κ3) is 3.99. The summed E-state index contributed by atoms with van der Waals surface area (Å²) in [6.45, 7) is 6.53. The predicted octanol–water partition coefficient (Wildman–Crippen LogP) is 3.87. The average Bonchev–Trinajstić information content (AvgIpc) is 2.53. The van der Waals surface area contributed by atoms with Crippen LogP contribution < -0.4 is 14.8 Å². The molecule has 0 fully saturated rings. The quantitative estimate of drug-likeness (QED) is 0.837. The van der Waals surface area contributed by atoms with Crippen LogP contribution in [0.3, 0.4) is 0 Å². The first-order valence-corrected chi connectivity index (χ1v) is 7.39. The Hall–Kier alpha value is -2.00. The summed E-state index contributed by atoms with van der Waals surface area (Å²) < 4.78 is 10.9. The van der Waals surface area contributed by atoms with E-state index in [1.165, 1.54) is 16.7 Å². The maximum atomic E-state index is 5.48. The van der Waals surface area contributed by atoms with Crippen LogP contribution in [0.4, 0.5) is 0 Å². The van der Waals surface area contributed by atoms with Gasteiger partial charge in [-0.1, -0.05) is 25.1 Å². The van der Waals surface area contributed by atoms with E-state index in [1.54, 1.807) is 7.11 Å². The smallest absolute Gasteiger partial charge is 0.123 e. The van der Waals surface area contributed by atoms with Gasteiger partial charge in [-0.3, -0.25) is 0 Å². The first kappa shape index (κ1) is 15.4. The maximum Gasteiger partial charge on any atom is 0.123 e. The highest BCUT2D eigenvalue weighted by atomic mass is 16.5. The molecule has 0 spiro atoms. The minimum absolute atomic E-state index is 0.689. The molecule has 2 rings (SSSR count). The molecule has 1 N–H and O–H groups in total. The molecule has 3 heteroatoms. The zero-order valence-corrected chi connectivity index (χ0v) is 13.0. The molecule has 0 aliphatic rings. The Morgan fingerprint density at radius 1 is 0.952 bits per heavy atom. The van der Waals surface area contributed by atoms with Crippen LogP contribution in [0.2, 0.25) is 0 Å². The Balaban J connectivity index is 2.26. The summed E-state index contributed by atoms with van der Waals surface area (Å²) >= 11 is 0. The number of rotatable bonds is 7. The van der Waals surface area contributed by atoms with Crippen LogP contribution in [0, 0.1) is 0 Å². The molecular formula is C18H23NO2. The zero-order chi connectivity index (χ0) is 15.1. The third-order valence-electron chi connectivity index (χ3n) is 3.34. The molecule has 0 heterocycles. The Morgan fingerprint density at radius 2 is 1.67 bits per heavy atom. The number of nitrogens with one attached hydrogen (secondary N) is 1. The van der Waals surface area contributed by atoms with Crippen molar-refractivity contribution in [1.82, 2.24) is 5.32 Å². The average molecular weight is 285 g/mol. The van der Waals surface area contributed by atoms with E-state index in [1.807, 2.05) is 25.1 Å². The van der Waals surface area contributed by atoms with Crippen LogP contribution in [0.25, 0.3) is 11.1 Å². The minimum Gasteiger partial charge on any atom is -0.496 e. The molecule has 0 saturated carbocycles. The molecular weight excluding hydrogens is 262 g/mol. The molecule has 0 unspecified atom stereocenters. The Bertz CT molecular complexity index is 564. The molecule has 3 nitrogen and oxygen atoms in total. The highest BCUT2D eigenvalue weighted by Crippen LogP contribution is 2.28. The van der Waals surface area contributed by atoms with E-state index in [2.05, 4.69) is 36.5 Å². The number of ether oxygens (including phenoxy) is 2. The summed E-state index contributed by atoms with van der Waals surface area (Å²) in [5.41, 5.74) is 3.54.